The highest BCUT2D eigenvalue weighted by Crippen LogP contribution is 2.35. The molecule has 0 atom stereocenters. The first-order chi connectivity index (χ1) is 11.5. The SMILES string of the molecule is CC(C)(C)n1nc2c(c1NC(=O)c1cc(Cl)ccc1Cl)CS(=O)(=O)C2. The highest BCUT2D eigenvalue weighted by atomic mass is 35.5. The summed E-state index contributed by atoms with van der Waals surface area (Å²) in [7, 11) is -3.24. The van der Waals surface area contributed by atoms with Crippen molar-refractivity contribution in [3.05, 3.63) is 45.1 Å². The molecule has 1 aliphatic rings. The zero-order chi connectivity index (χ0) is 18.6. The van der Waals surface area contributed by atoms with Crippen LogP contribution >= 0.6 is 23.2 Å². The Balaban J connectivity index is 2.05. The fourth-order valence-electron chi connectivity index (χ4n) is 2.70. The van der Waals surface area contributed by atoms with E-state index in [0.29, 0.717) is 22.1 Å². The summed E-state index contributed by atoms with van der Waals surface area (Å²) in [5.41, 5.74) is 0.781. The first kappa shape index (κ1) is 18.2. The maximum absolute atomic E-state index is 12.7. The number of carbonyl (C=O) groups is 1. The van der Waals surface area contributed by atoms with Crippen LogP contribution in [0, 0.1) is 0 Å². The number of nitrogens with one attached hydrogen (secondary N) is 1. The van der Waals surface area contributed by atoms with E-state index >= 15 is 0 Å². The number of hydrogen-bond acceptors (Lipinski definition) is 4. The van der Waals surface area contributed by atoms with E-state index in [9.17, 15) is 13.2 Å². The summed E-state index contributed by atoms with van der Waals surface area (Å²) in [5.74, 6) is -0.349. The first-order valence-corrected chi connectivity index (χ1v) is 10.1. The van der Waals surface area contributed by atoms with Crippen LogP contribution in [0.5, 0.6) is 0 Å². The molecule has 1 amide bonds. The summed E-state index contributed by atoms with van der Waals surface area (Å²) in [5, 5.41) is 7.82. The molecule has 1 aromatic carbocycles. The summed E-state index contributed by atoms with van der Waals surface area (Å²) in [6.45, 7) is 5.77. The van der Waals surface area contributed by atoms with Crippen molar-refractivity contribution in [3.63, 3.8) is 0 Å². The number of halogens is 2. The Bertz CT molecular complexity index is 975. The summed E-state index contributed by atoms with van der Waals surface area (Å²) >= 11 is 12.0. The third kappa shape index (κ3) is 3.54. The Kier molecular flexibility index (Phi) is 4.38. The van der Waals surface area contributed by atoms with E-state index in [4.69, 9.17) is 23.2 Å². The Morgan fingerprint density at radius 2 is 1.92 bits per heavy atom. The molecule has 1 N–H and O–H groups in total. The molecular formula is C16H17Cl2N3O3S. The van der Waals surface area contributed by atoms with Crippen molar-refractivity contribution < 1.29 is 13.2 Å². The van der Waals surface area contributed by atoms with Gasteiger partial charge in [-0.25, -0.2) is 13.1 Å². The van der Waals surface area contributed by atoms with Crippen LogP contribution in [0.25, 0.3) is 0 Å². The lowest BCUT2D eigenvalue weighted by molar-refractivity contribution is 0.102. The minimum atomic E-state index is -3.24. The standard InChI is InChI=1S/C16H17Cl2N3O3S/c1-16(2,3)21-14(11-7-25(23,24)8-13(11)20-21)19-15(22)10-6-9(17)4-5-12(10)18/h4-6H,7-8H2,1-3H3,(H,19,22). The number of benzene rings is 1. The highest BCUT2D eigenvalue weighted by molar-refractivity contribution is 7.90. The summed E-state index contributed by atoms with van der Waals surface area (Å²) in [6.07, 6.45) is 0. The van der Waals surface area contributed by atoms with E-state index < -0.39 is 21.3 Å². The van der Waals surface area contributed by atoms with Crippen molar-refractivity contribution in [1.29, 1.82) is 0 Å². The quantitative estimate of drug-likeness (QED) is 0.832. The van der Waals surface area contributed by atoms with E-state index in [-0.39, 0.29) is 22.1 Å². The van der Waals surface area contributed by atoms with E-state index in [0.717, 1.165) is 0 Å². The molecule has 0 bridgehead atoms. The smallest absolute Gasteiger partial charge is 0.258 e. The molecule has 0 fully saturated rings. The predicted octanol–water partition coefficient (Wildman–Crippen LogP) is 3.63. The molecule has 2 aromatic rings. The summed E-state index contributed by atoms with van der Waals surface area (Å²) in [6, 6.07) is 4.59. The number of nitrogens with zero attached hydrogens (tertiary/aromatic N) is 2. The number of anilines is 1. The van der Waals surface area contributed by atoms with Crippen LogP contribution in [0.1, 0.15) is 42.4 Å². The summed E-state index contributed by atoms with van der Waals surface area (Å²) in [4.78, 5) is 12.7. The topological polar surface area (TPSA) is 81.1 Å². The number of fused-ring (bicyclic) bond motifs is 1. The van der Waals surface area contributed by atoms with Gasteiger partial charge in [-0.2, -0.15) is 5.10 Å². The van der Waals surface area contributed by atoms with Gasteiger partial charge in [-0.05, 0) is 39.0 Å². The Labute approximate surface area is 156 Å². The Morgan fingerprint density at radius 1 is 1.24 bits per heavy atom. The average Bonchev–Trinajstić information content (AvgIpc) is 2.94. The van der Waals surface area contributed by atoms with Crippen molar-refractivity contribution in [3.8, 4) is 0 Å². The van der Waals surface area contributed by atoms with Gasteiger partial charge in [0.25, 0.3) is 5.91 Å². The maximum atomic E-state index is 12.7. The fraction of sp³-hybridized carbons (Fsp3) is 0.375. The number of rotatable bonds is 2. The molecule has 2 heterocycles. The van der Waals surface area contributed by atoms with Gasteiger partial charge >= 0.3 is 0 Å². The molecule has 134 valence electrons. The number of carbonyl (C=O) groups excluding carboxylic acids is 1. The fourth-order valence-corrected chi connectivity index (χ4v) is 4.57. The molecule has 0 saturated carbocycles. The van der Waals surface area contributed by atoms with E-state index in [2.05, 4.69) is 10.4 Å². The van der Waals surface area contributed by atoms with Gasteiger partial charge in [0, 0.05) is 10.6 Å². The molecule has 0 radical (unpaired) electrons. The van der Waals surface area contributed by atoms with E-state index in [1.165, 1.54) is 12.1 Å². The summed E-state index contributed by atoms with van der Waals surface area (Å²) < 4.78 is 25.5. The molecule has 0 unspecified atom stereocenters. The monoisotopic (exact) mass is 401 g/mol. The first-order valence-electron chi connectivity index (χ1n) is 7.56. The Morgan fingerprint density at radius 3 is 2.56 bits per heavy atom. The van der Waals surface area contributed by atoms with Crippen molar-refractivity contribution in [1.82, 2.24) is 9.78 Å². The van der Waals surface area contributed by atoms with Crippen molar-refractivity contribution in [2.45, 2.75) is 37.8 Å². The van der Waals surface area contributed by atoms with Crippen molar-refractivity contribution in [2.75, 3.05) is 5.32 Å². The lowest BCUT2D eigenvalue weighted by Gasteiger charge is -2.23. The molecule has 0 aliphatic carbocycles. The van der Waals surface area contributed by atoms with Gasteiger partial charge < -0.3 is 5.32 Å². The molecular weight excluding hydrogens is 385 g/mol. The number of amides is 1. The van der Waals surface area contributed by atoms with Gasteiger partial charge in [-0.15, -0.1) is 0 Å². The van der Waals surface area contributed by atoms with Crippen LogP contribution in [0.3, 0.4) is 0 Å². The van der Waals surface area contributed by atoms with Gasteiger partial charge in [0.05, 0.1) is 33.3 Å². The highest BCUT2D eigenvalue weighted by Gasteiger charge is 2.35. The second-order valence-electron chi connectivity index (χ2n) is 6.97. The molecule has 0 saturated heterocycles. The molecule has 0 spiro atoms. The van der Waals surface area contributed by atoms with Crippen LogP contribution in [-0.4, -0.2) is 24.1 Å². The largest absolute Gasteiger partial charge is 0.306 e. The normalized spacial score (nSPS) is 15.9. The molecule has 9 heteroatoms. The minimum absolute atomic E-state index is 0.119. The van der Waals surface area contributed by atoms with E-state index in [1.54, 1.807) is 10.7 Å². The van der Waals surface area contributed by atoms with Crippen LogP contribution in [-0.2, 0) is 26.9 Å². The lowest BCUT2D eigenvalue weighted by atomic mass is 10.1. The molecule has 1 aromatic heterocycles. The third-order valence-corrected chi connectivity index (χ3v) is 5.83. The molecule has 6 nitrogen and oxygen atoms in total. The van der Waals surface area contributed by atoms with Gasteiger partial charge in [-0.1, -0.05) is 23.2 Å². The predicted molar refractivity (Wildman–Crippen MR) is 98.0 cm³/mol. The van der Waals surface area contributed by atoms with Gasteiger partial charge in [0.1, 0.15) is 5.82 Å². The lowest BCUT2D eigenvalue weighted by Crippen LogP contribution is -2.27. The van der Waals surface area contributed by atoms with Crippen molar-refractivity contribution >= 4 is 44.8 Å². The molecule has 3 rings (SSSR count). The number of aromatic nitrogens is 2. The Hall–Kier alpha value is -1.57. The molecule has 25 heavy (non-hydrogen) atoms. The second kappa shape index (κ2) is 6.00. The van der Waals surface area contributed by atoms with E-state index in [1.807, 2.05) is 20.8 Å². The van der Waals surface area contributed by atoms with Gasteiger partial charge in [0.15, 0.2) is 9.84 Å². The second-order valence-corrected chi connectivity index (χ2v) is 9.88. The number of sulfone groups is 1. The molecule has 1 aliphatic heterocycles. The van der Waals surface area contributed by atoms with Crippen molar-refractivity contribution in [2.24, 2.45) is 0 Å². The number of hydrogen-bond donors (Lipinski definition) is 1. The third-order valence-electron chi connectivity index (χ3n) is 3.83. The maximum Gasteiger partial charge on any atom is 0.258 e. The van der Waals surface area contributed by atoms with Crippen LogP contribution in [0.15, 0.2) is 18.2 Å². The average molecular weight is 402 g/mol. The van der Waals surface area contributed by atoms with Gasteiger partial charge in [0.2, 0.25) is 0 Å². The van der Waals surface area contributed by atoms with Crippen LogP contribution in [0.4, 0.5) is 5.82 Å². The van der Waals surface area contributed by atoms with Gasteiger partial charge in [-0.3, -0.25) is 4.79 Å². The van der Waals surface area contributed by atoms with Crippen LogP contribution in [0.2, 0.25) is 10.0 Å². The van der Waals surface area contributed by atoms with Crippen LogP contribution < -0.4 is 5.32 Å². The zero-order valence-electron chi connectivity index (χ0n) is 13.9. The zero-order valence-corrected chi connectivity index (χ0v) is 16.3. The minimum Gasteiger partial charge on any atom is -0.306 e.